The molecular formula is C20H27N3O4. The Bertz CT molecular complexity index is 692. The Labute approximate surface area is 159 Å². The van der Waals surface area contributed by atoms with Gasteiger partial charge >= 0.3 is 6.03 Å². The standard InChI is InChI=1S/C20H27N3O4/c21-18(24)20(27-17-9-5-2-6-10-17)12-11-16-13-22(20)19(25)23(16)26-14-15-7-3-1-4-8-15/h1,3-4,7-8,16-17H,2,5-6,9-14H2,(H2,21,24)/t16-,20+/m1/s1. The van der Waals surface area contributed by atoms with Crippen LogP contribution in [0.5, 0.6) is 0 Å². The molecule has 1 aromatic rings. The number of benzene rings is 1. The summed E-state index contributed by atoms with van der Waals surface area (Å²) in [6, 6.07) is 9.30. The van der Waals surface area contributed by atoms with Crippen molar-refractivity contribution in [1.82, 2.24) is 9.96 Å². The van der Waals surface area contributed by atoms with Crippen molar-refractivity contribution in [3.8, 4) is 0 Å². The smallest absolute Gasteiger partial charge is 0.347 e. The van der Waals surface area contributed by atoms with E-state index in [0.29, 0.717) is 26.0 Å². The molecule has 0 spiro atoms. The summed E-state index contributed by atoms with van der Waals surface area (Å²) in [6.07, 6.45) is 6.21. The van der Waals surface area contributed by atoms with Gasteiger partial charge in [0.15, 0.2) is 0 Å². The number of amides is 3. The Morgan fingerprint density at radius 1 is 1.15 bits per heavy atom. The van der Waals surface area contributed by atoms with Crippen molar-refractivity contribution in [2.75, 3.05) is 6.54 Å². The average Bonchev–Trinajstić information content (AvgIpc) is 2.96. The Hall–Kier alpha value is -2.12. The molecule has 7 nitrogen and oxygen atoms in total. The maximum Gasteiger partial charge on any atom is 0.347 e. The SMILES string of the molecule is NC(=O)[C@@]1(OC2CCCCC2)CC[C@@H]2CN1C(=O)N2OCc1ccccc1. The Morgan fingerprint density at radius 2 is 1.89 bits per heavy atom. The lowest BCUT2D eigenvalue weighted by Crippen LogP contribution is -2.63. The van der Waals surface area contributed by atoms with Gasteiger partial charge < -0.3 is 10.5 Å². The first-order chi connectivity index (χ1) is 13.1. The fourth-order valence-corrected chi connectivity index (χ4v) is 4.42. The fraction of sp³-hybridized carbons (Fsp3) is 0.600. The van der Waals surface area contributed by atoms with E-state index < -0.39 is 11.6 Å². The average molecular weight is 373 g/mol. The largest absolute Gasteiger partial charge is 0.365 e. The van der Waals surface area contributed by atoms with Gasteiger partial charge in [-0.2, -0.15) is 5.06 Å². The molecule has 2 atom stereocenters. The third-order valence-corrected chi connectivity index (χ3v) is 5.91. The fourth-order valence-electron chi connectivity index (χ4n) is 4.42. The van der Waals surface area contributed by atoms with Gasteiger partial charge in [-0.3, -0.25) is 14.5 Å². The van der Waals surface area contributed by atoms with Crippen LogP contribution in [-0.4, -0.2) is 46.3 Å². The summed E-state index contributed by atoms with van der Waals surface area (Å²) in [6.45, 7) is 0.716. The molecule has 0 aromatic heterocycles. The van der Waals surface area contributed by atoms with Gasteiger partial charge in [0.1, 0.15) is 6.61 Å². The molecule has 2 N–H and O–H groups in total. The summed E-state index contributed by atoms with van der Waals surface area (Å²) < 4.78 is 6.24. The van der Waals surface area contributed by atoms with Crippen LogP contribution in [-0.2, 0) is 21.0 Å². The molecule has 0 unspecified atom stereocenters. The molecule has 0 radical (unpaired) electrons. The Morgan fingerprint density at radius 3 is 2.59 bits per heavy atom. The molecule has 2 saturated heterocycles. The number of primary amides is 1. The quantitative estimate of drug-likeness (QED) is 0.830. The van der Waals surface area contributed by atoms with E-state index in [1.807, 2.05) is 30.3 Å². The third-order valence-electron chi connectivity index (χ3n) is 5.91. The Kier molecular flexibility index (Phi) is 5.06. The number of piperidine rings is 1. The second kappa shape index (κ2) is 7.48. The number of urea groups is 1. The van der Waals surface area contributed by atoms with Crippen LogP contribution in [0.25, 0.3) is 0 Å². The van der Waals surface area contributed by atoms with Crippen LogP contribution in [0, 0.1) is 0 Å². The number of hydrogen-bond donors (Lipinski definition) is 1. The van der Waals surface area contributed by atoms with Crippen LogP contribution in [0.15, 0.2) is 30.3 Å². The van der Waals surface area contributed by atoms with Crippen LogP contribution in [0.2, 0.25) is 0 Å². The number of nitrogens with zero attached hydrogens (tertiary/aromatic N) is 2. The van der Waals surface area contributed by atoms with Crippen molar-refractivity contribution < 1.29 is 19.2 Å². The molecule has 27 heavy (non-hydrogen) atoms. The van der Waals surface area contributed by atoms with Gasteiger partial charge in [0.25, 0.3) is 5.91 Å². The molecule has 2 aliphatic heterocycles. The predicted octanol–water partition coefficient (Wildman–Crippen LogP) is 2.55. The molecule has 1 aromatic carbocycles. The summed E-state index contributed by atoms with van der Waals surface area (Å²) in [7, 11) is 0. The van der Waals surface area contributed by atoms with E-state index in [2.05, 4.69) is 0 Å². The third kappa shape index (κ3) is 3.41. The topological polar surface area (TPSA) is 85.1 Å². The van der Waals surface area contributed by atoms with Crippen molar-refractivity contribution in [1.29, 1.82) is 0 Å². The highest BCUT2D eigenvalue weighted by molar-refractivity contribution is 5.90. The molecule has 3 fully saturated rings. The van der Waals surface area contributed by atoms with E-state index in [1.54, 1.807) is 0 Å². The number of carbonyl (C=O) groups excluding carboxylic acids is 2. The van der Waals surface area contributed by atoms with Crippen molar-refractivity contribution in [2.45, 2.75) is 69.4 Å². The number of rotatable bonds is 6. The number of hydroxylamine groups is 2. The normalized spacial score (nSPS) is 28.6. The lowest BCUT2D eigenvalue weighted by Gasteiger charge is -2.43. The summed E-state index contributed by atoms with van der Waals surface area (Å²) in [4.78, 5) is 32.7. The van der Waals surface area contributed by atoms with Crippen molar-refractivity contribution in [3.05, 3.63) is 35.9 Å². The summed E-state index contributed by atoms with van der Waals surface area (Å²) in [5, 5.41) is 1.40. The first-order valence-electron chi connectivity index (χ1n) is 9.85. The number of carbonyl (C=O) groups is 2. The Balaban J connectivity index is 1.48. The molecule has 4 rings (SSSR count). The lowest BCUT2D eigenvalue weighted by molar-refractivity contribution is -0.193. The van der Waals surface area contributed by atoms with Gasteiger partial charge in [0, 0.05) is 13.0 Å². The lowest BCUT2D eigenvalue weighted by atomic mass is 9.93. The zero-order chi connectivity index (χ0) is 18.9. The van der Waals surface area contributed by atoms with E-state index >= 15 is 0 Å². The second-order valence-electron chi connectivity index (χ2n) is 7.70. The zero-order valence-electron chi connectivity index (χ0n) is 15.5. The highest BCUT2D eigenvalue weighted by Crippen LogP contribution is 2.40. The van der Waals surface area contributed by atoms with Crippen LogP contribution < -0.4 is 5.73 Å². The van der Waals surface area contributed by atoms with Crippen LogP contribution >= 0.6 is 0 Å². The van der Waals surface area contributed by atoms with E-state index in [4.69, 9.17) is 15.3 Å². The van der Waals surface area contributed by atoms with Crippen molar-refractivity contribution in [3.63, 3.8) is 0 Å². The molecule has 3 amide bonds. The zero-order valence-corrected chi connectivity index (χ0v) is 15.5. The maximum atomic E-state index is 13.0. The highest BCUT2D eigenvalue weighted by Gasteiger charge is 2.58. The van der Waals surface area contributed by atoms with Crippen LogP contribution in [0.4, 0.5) is 4.79 Å². The number of ether oxygens (including phenoxy) is 1. The minimum Gasteiger partial charge on any atom is -0.365 e. The van der Waals surface area contributed by atoms with E-state index in [9.17, 15) is 9.59 Å². The minimum absolute atomic E-state index is 0.0186. The van der Waals surface area contributed by atoms with Gasteiger partial charge in [-0.05, 0) is 24.8 Å². The van der Waals surface area contributed by atoms with Crippen LogP contribution in [0.1, 0.15) is 50.5 Å². The number of fused-ring (bicyclic) bond motifs is 2. The number of hydrogen-bond acceptors (Lipinski definition) is 4. The van der Waals surface area contributed by atoms with Gasteiger partial charge in [0.05, 0.1) is 12.1 Å². The van der Waals surface area contributed by atoms with Crippen LogP contribution in [0.3, 0.4) is 0 Å². The highest BCUT2D eigenvalue weighted by atomic mass is 16.7. The molecule has 1 aliphatic carbocycles. The van der Waals surface area contributed by atoms with E-state index in [0.717, 1.165) is 31.2 Å². The minimum atomic E-state index is -1.35. The molecule has 3 aliphatic rings. The van der Waals surface area contributed by atoms with Crippen molar-refractivity contribution >= 4 is 11.9 Å². The first kappa shape index (κ1) is 18.3. The maximum absolute atomic E-state index is 13.0. The van der Waals surface area contributed by atoms with Crippen molar-refractivity contribution in [2.24, 2.45) is 5.73 Å². The number of nitrogens with two attached hydrogens (primary N) is 1. The van der Waals surface area contributed by atoms with Gasteiger partial charge in [-0.25, -0.2) is 4.79 Å². The monoisotopic (exact) mass is 373 g/mol. The summed E-state index contributed by atoms with van der Waals surface area (Å²) >= 11 is 0. The van der Waals surface area contributed by atoms with Gasteiger partial charge in [-0.1, -0.05) is 49.6 Å². The summed E-state index contributed by atoms with van der Waals surface area (Å²) in [5.41, 5.74) is 5.40. The molecule has 1 saturated carbocycles. The van der Waals surface area contributed by atoms with E-state index in [1.165, 1.54) is 16.4 Å². The molecule has 7 heteroatoms. The summed E-state index contributed by atoms with van der Waals surface area (Å²) in [5.74, 6) is -0.579. The van der Waals surface area contributed by atoms with Gasteiger partial charge in [-0.15, -0.1) is 0 Å². The second-order valence-corrected chi connectivity index (χ2v) is 7.70. The predicted molar refractivity (Wildman–Crippen MR) is 98.1 cm³/mol. The molecular weight excluding hydrogens is 346 g/mol. The molecule has 2 heterocycles. The van der Waals surface area contributed by atoms with Gasteiger partial charge in [0.2, 0.25) is 5.72 Å². The van der Waals surface area contributed by atoms with E-state index in [-0.39, 0.29) is 18.2 Å². The molecule has 2 bridgehead atoms. The first-order valence-corrected chi connectivity index (χ1v) is 9.85. The molecule has 146 valence electrons.